The average molecular weight is 368 g/mol. The number of halogens is 1. The molecule has 26 heavy (non-hydrogen) atoms. The summed E-state index contributed by atoms with van der Waals surface area (Å²) >= 11 is 0. The zero-order chi connectivity index (χ0) is 19.1. The van der Waals surface area contributed by atoms with Gasteiger partial charge in [0.05, 0.1) is 37.7 Å². The van der Waals surface area contributed by atoms with E-state index >= 15 is 0 Å². The third kappa shape index (κ3) is 4.83. The lowest BCUT2D eigenvalue weighted by atomic mass is 10.2. The number of amides is 2. The van der Waals surface area contributed by atoms with E-state index in [0.717, 1.165) is 0 Å². The fourth-order valence-electron chi connectivity index (χ4n) is 2.82. The molecule has 3 rings (SSSR count). The Kier molecular flexibility index (Phi) is 7.16. The van der Waals surface area contributed by atoms with E-state index in [9.17, 15) is 14.0 Å². The van der Waals surface area contributed by atoms with E-state index in [4.69, 9.17) is 9.47 Å². The van der Waals surface area contributed by atoms with Gasteiger partial charge < -0.3 is 25.4 Å². The summed E-state index contributed by atoms with van der Waals surface area (Å²) in [6.07, 6.45) is -0.979. The molecule has 2 aliphatic heterocycles. The zero-order valence-corrected chi connectivity index (χ0v) is 15.0. The van der Waals surface area contributed by atoms with Gasteiger partial charge in [-0.05, 0) is 25.2 Å². The maximum absolute atomic E-state index is 14.4. The number of benzene rings is 1. The summed E-state index contributed by atoms with van der Waals surface area (Å²) in [5, 5.41) is 2.61. The number of anilines is 2. The maximum atomic E-state index is 14.4. The van der Waals surface area contributed by atoms with Crippen LogP contribution in [0.1, 0.15) is 6.92 Å². The van der Waals surface area contributed by atoms with Crippen LogP contribution in [0.4, 0.5) is 20.6 Å². The van der Waals surface area contributed by atoms with Gasteiger partial charge in [-0.25, -0.2) is 9.18 Å². The fraction of sp³-hybridized carbons (Fsp3) is 0.529. The predicted octanol–water partition coefficient (Wildman–Crippen LogP) is 0.699. The molecule has 2 saturated heterocycles. The SMILES string of the molecule is CC(=O)NCC1CN(c2ccc(N3CCOCC3)c(F)c2)C(=O)O1.CN. The van der Waals surface area contributed by atoms with E-state index in [2.05, 4.69) is 11.1 Å². The van der Waals surface area contributed by atoms with Crippen LogP contribution in [0.25, 0.3) is 0 Å². The highest BCUT2D eigenvalue weighted by molar-refractivity contribution is 5.90. The standard InChI is InChI=1S/C16H20FN3O4.CH5N/c1-11(21)18-9-13-10-20(16(22)24-13)12-2-3-15(14(17)8-12)19-4-6-23-7-5-19;1-2/h2-3,8,13H,4-7,9-10H2,1H3,(H,18,21);2H2,1H3. The summed E-state index contributed by atoms with van der Waals surface area (Å²) in [5.41, 5.74) is 5.45. The van der Waals surface area contributed by atoms with Gasteiger partial charge in [0.1, 0.15) is 11.9 Å². The van der Waals surface area contributed by atoms with Crippen molar-refractivity contribution >= 4 is 23.4 Å². The molecule has 3 N–H and O–H groups in total. The second-order valence-corrected chi connectivity index (χ2v) is 5.79. The molecule has 144 valence electrons. The normalized spacial score (nSPS) is 19.5. The van der Waals surface area contributed by atoms with Crippen molar-refractivity contribution in [1.29, 1.82) is 0 Å². The summed E-state index contributed by atoms with van der Waals surface area (Å²) in [6.45, 7) is 4.34. The summed E-state index contributed by atoms with van der Waals surface area (Å²) in [5.74, 6) is -0.571. The quantitative estimate of drug-likeness (QED) is 0.812. The van der Waals surface area contributed by atoms with Crippen molar-refractivity contribution in [2.45, 2.75) is 13.0 Å². The summed E-state index contributed by atoms with van der Waals surface area (Å²) < 4.78 is 24.9. The molecule has 2 amide bonds. The minimum Gasteiger partial charge on any atom is -0.442 e. The molecule has 0 spiro atoms. The Balaban J connectivity index is 0.00000117. The van der Waals surface area contributed by atoms with Crippen LogP contribution >= 0.6 is 0 Å². The van der Waals surface area contributed by atoms with Gasteiger partial charge in [-0.3, -0.25) is 9.69 Å². The van der Waals surface area contributed by atoms with E-state index in [0.29, 0.717) is 37.7 Å². The Labute approximate surface area is 152 Å². The van der Waals surface area contributed by atoms with E-state index < -0.39 is 12.2 Å². The second kappa shape index (κ2) is 9.35. The topological polar surface area (TPSA) is 97.1 Å². The molecule has 9 heteroatoms. The molecule has 1 atom stereocenters. The van der Waals surface area contributed by atoms with Gasteiger partial charge in [0.25, 0.3) is 0 Å². The van der Waals surface area contributed by atoms with Crippen molar-refractivity contribution in [1.82, 2.24) is 5.32 Å². The molecular formula is C17H25FN4O4. The number of cyclic esters (lactones) is 1. The zero-order valence-electron chi connectivity index (χ0n) is 15.0. The molecule has 0 saturated carbocycles. The third-order valence-electron chi connectivity index (χ3n) is 4.05. The van der Waals surface area contributed by atoms with Crippen molar-refractivity contribution in [2.75, 3.05) is 56.2 Å². The molecule has 0 bridgehead atoms. The van der Waals surface area contributed by atoms with Gasteiger partial charge in [-0.2, -0.15) is 0 Å². The third-order valence-corrected chi connectivity index (χ3v) is 4.05. The van der Waals surface area contributed by atoms with Crippen molar-refractivity contribution in [2.24, 2.45) is 5.73 Å². The van der Waals surface area contributed by atoms with Crippen LogP contribution in [-0.4, -0.2) is 64.5 Å². The Bertz CT molecular complexity index is 637. The molecular weight excluding hydrogens is 343 g/mol. The number of nitrogens with zero attached hydrogens (tertiary/aromatic N) is 2. The number of rotatable bonds is 4. The Morgan fingerprint density at radius 2 is 2.04 bits per heavy atom. The fourth-order valence-corrected chi connectivity index (χ4v) is 2.82. The van der Waals surface area contributed by atoms with Crippen molar-refractivity contribution < 1.29 is 23.5 Å². The first-order valence-corrected chi connectivity index (χ1v) is 8.47. The highest BCUT2D eigenvalue weighted by Gasteiger charge is 2.32. The molecule has 1 unspecified atom stereocenters. The number of ether oxygens (including phenoxy) is 2. The molecule has 2 fully saturated rings. The van der Waals surface area contributed by atoms with Crippen LogP contribution in [0.5, 0.6) is 0 Å². The highest BCUT2D eigenvalue weighted by Crippen LogP contribution is 2.28. The molecule has 2 aliphatic rings. The average Bonchev–Trinajstić information content (AvgIpc) is 3.03. The van der Waals surface area contributed by atoms with Crippen LogP contribution in [0, 0.1) is 5.82 Å². The number of hydrogen-bond donors (Lipinski definition) is 2. The smallest absolute Gasteiger partial charge is 0.414 e. The Hall–Kier alpha value is -2.39. The molecule has 0 aliphatic carbocycles. The molecule has 1 aromatic rings. The molecule has 1 aromatic carbocycles. The number of nitrogens with two attached hydrogens (primary N) is 1. The van der Waals surface area contributed by atoms with E-state index in [1.807, 2.05) is 4.90 Å². The van der Waals surface area contributed by atoms with E-state index in [1.54, 1.807) is 12.1 Å². The van der Waals surface area contributed by atoms with Gasteiger partial charge in [0.15, 0.2) is 0 Å². The summed E-state index contributed by atoms with van der Waals surface area (Å²) in [6, 6.07) is 4.72. The van der Waals surface area contributed by atoms with Gasteiger partial charge >= 0.3 is 6.09 Å². The molecule has 0 radical (unpaired) electrons. The molecule has 0 aromatic heterocycles. The minimum absolute atomic E-state index is 0.189. The van der Waals surface area contributed by atoms with Crippen molar-refractivity contribution in [3.05, 3.63) is 24.0 Å². The summed E-state index contributed by atoms with van der Waals surface area (Å²) in [4.78, 5) is 26.2. The monoisotopic (exact) mass is 368 g/mol. The predicted molar refractivity (Wildman–Crippen MR) is 95.8 cm³/mol. The summed E-state index contributed by atoms with van der Waals surface area (Å²) in [7, 11) is 1.50. The number of carbonyl (C=O) groups is 2. The lowest BCUT2D eigenvalue weighted by Crippen LogP contribution is -2.36. The second-order valence-electron chi connectivity index (χ2n) is 5.79. The van der Waals surface area contributed by atoms with Crippen LogP contribution in [0.3, 0.4) is 0 Å². The van der Waals surface area contributed by atoms with E-state index in [-0.39, 0.29) is 24.8 Å². The number of carbonyl (C=O) groups excluding carboxylic acids is 2. The van der Waals surface area contributed by atoms with Crippen LogP contribution in [-0.2, 0) is 14.3 Å². The van der Waals surface area contributed by atoms with Crippen molar-refractivity contribution in [3.8, 4) is 0 Å². The number of nitrogens with one attached hydrogen (secondary N) is 1. The van der Waals surface area contributed by atoms with Gasteiger partial charge in [0, 0.05) is 20.0 Å². The van der Waals surface area contributed by atoms with E-state index in [1.165, 1.54) is 24.9 Å². The largest absolute Gasteiger partial charge is 0.442 e. The van der Waals surface area contributed by atoms with Gasteiger partial charge in [-0.1, -0.05) is 0 Å². The molecule has 8 nitrogen and oxygen atoms in total. The first kappa shape index (κ1) is 19.9. The molecule has 2 heterocycles. The first-order chi connectivity index (χ1) is 12.5. The lowest BCUT2D eigenvalue weighted by Gasteiger charge is -2.29. The maximum Gasteiger partial charge on any atom is 0.414 e. The van der Waals surface area contributed by atoms with Gasteiger partial charge in [0.2, 0.25) is 5.91 Å². The van der Waals surface area contributed by atoms with Crippen LogP contribution in [0.15, 0.2) is 18.2 Å². The highest BCUT2D eigenvalue weighted by atomic mass is 19.1. The minimum atomic E-state index is -0.538. The van der Waals surface area contributed by atoms with Crippen LogP contribution in [0.2, 0.25) is 0 Å². The van der Waals surface area contributed by atoms with Crippen molar-refractivity contribution in [3.63, 3.8) is 0 Å². The lowest BCUT2D eigenvalue weighted by molar-refractivity contribution is -0.119. The van der Waals surface area contributed by atoms with Crippen LogP contribution < -0.4 is 20.9 Å². The van der Waals surface area contributed by atoms with Gasteiger partial charge in [-0.15, -0.1) is 0 Å². The Morgan fingerprint density at radius 1 is 1.35 bits per heavy atom. The first-order valence-electron chi connectivity index (χ1n) is 8.47. The number of hydrogen-bond acceptors (Lipinski definition) is 6. The Morgan fingerprint density at radius 3 is 2.65 bits per heavy atom. The number of morpholine rings is 1.